The van der Waals surface area contributed by atoms with Gasteiger partial charge in [-0.15, -0.1) is 0 Å². The summed E-state index contributed by atoms with van der Waals surface area (Å²) in [7, 11) is 0. The van der Waals surface area contributed by atoms with Crippen LogP contribution in [-0.4, -0.2) is 39.9 Å². The molecule has 3 N–H and O–H groups in total. The van der Waals surface area contributed by atoms with Crippen molar-refractivity contribution in [1.82, 2.24) is 14.9 Å². The molecule has 1 amide bonds. The number of rotatable bonds is 3. The van der Waals surface area contributed by atoms with E-state index in [4.69, 9.17) is 5.73 Å². The molecule has 1 aliphatic rings. The van der Waals surface area contributed by atoms with Crippen LogP contribution in [-0.2, 0) is 0 Å². The first kappa shape index (κ1) is 20.5. The molecule has 0 aliphatic carbocycles. The van der Waals surface area contributed by atoms with Crippen molar-refractivity contribution in [2.45, 2.75) is 33.2 Å². The summed E-state index contributed by atoms with van der Waals surface area (Å²) in [6.07, 6.45) is 0.875. The average Bonchev–Trinajstić information content (AvgIpc) is 3.36. The zero-order chi connectivity index (χ0) is 22.4. The third-order valence-corrected chi connectivity index (χ3v) is 6.41. The van der Waals surface area contributed by atoms with Gasteiger partial charge in [-0.25, -0.2) is 0 Å². The molecule has 0 saturated carbocycles. The SMILES string of the molecule is Cc1cc(-c2[nH]c3cc(-c4ccc(C(=O)N5CCC(N)C5)cc4)ccc3c2C)cc(C)n1. The molecule has 2 aromatic heterocycles. The number of likely N-dealkylation sites (tertiary alicyclic amines) is 1. The number of nitrogens with zero attached hydrogens (tertiary/aromatic N) is 2. The fraction of sp³-hybridized carbons (Fsp3) is 0.259. The molecule has 0 spiro atoms. The fourth-order valence-electron chi connectivity index (χ4n) is 4.74. The van der Waals surface area contributed by atoms with Gasteiger partial charge in [0.05, 0.1) is 0 Å². The molecule has 5 nitrogen and oxygen atoms in total. The van der Waals surface area contributed by atoms with E-state index in [1.165, 1.54) is 10.9 Å². The van der Waals surface area contributed by atoms with E-state index < -0.39 is 0 Å². The van der Waals surface area contributed by atoms with E-state index in [1.54, 1.807) is 0 Å². The van der Waals surface area contributed by atoms with Crippen LogP contribution in [0.25, 0.3) is 33.3 Å². The van der Waals surface area contributed by atoms with Crippen molar-refractivity contribution in [2.75, 3.05) is 13.1 Å². The molecular weight excluding hydrogens is 396 g/mol. The Bertz CT molecular complexity index is 1300. The number of nitrogens with one attached hydrogen (secondary N) is 1. The van der Waals surface area contributed by atoms with Crippen LogP contribution in [0.2, 0.25) is 0 Å². The molecule has 0 bridgehead atoms. The molecule has 162 valence electrons. The summed E-state index contributed by atoms with van der Waals surface area (Å²) in [6.45, 7) is 7.59. The molecule has 5 heteroatoms. The number of H-pyrrole nitrogens is 1. The first-order valence-electron chi connectivity index (χ1n) is 11.1. The summed E-state index contributed by atoms with van der Waals surface area (Å²) >= 11 is 0. The number of carbonyl (C=O) groups excluding carboxylic acids is 1. The number of aryl methyl sites for hydroxylation is 3. The van der Waals surface area contributed by atoms with Crippen LogP contribution in [0.4, 0.5) is 0 Å². The molecule has 1 aliphatic heterocycles. The molecule has 2 aromatic carbocycles. The number of pyridine rings is 1. The molecule has 1 atom stereocenters. The van der Waals surface area contributed by atoms with Crippen LogP contribution in [0.5, 0.6) is 0 Å². The molecule has 3 heterocycles. The van der Waals surface area contributed by atoms with Gasteiger partial charge in [-0.1, -0.05) is 24.3 Å². The second kappa shape index (κ2) is 7.92. The molecule has 32 heavy (non-hydrogen) atoms. The molecule has 1 fully saturated rings. The Labute approximate surface area is 188 Å². The van der Waals surface area contributed by atoms with Crippen LogP contribution in [0, 0.1) is 20.8 Å². The van der Waals surface area contributed by atoms with Crippen molar-refractivity contribution >= 4 is 16.8 Å². The van der Waals surface area contributed by atoms with Crippen molar-refractivity contribution in [1.29, 1.82) is 0 Å². The summed E-state index contributed by atoms with van der Waals surface area (Å²) in [5.41, 5.74) is 15.5. The number of hydrogen-bond acceptors (Lipinski definition) is 3. The van der Waals surface area contributed by atoms with Gasteiger partial charge >= 0.3 is 0 Å². The predicted octanol–water partition coefficient (Wildman–Crippen LogP) is 5.00. The lowest BCUT2D eigenvalue weighted by molar-refractivity contribution is 0.0791. The minimum absolute atomic E-state index is 0.0625. The van der Waals surface area contributed by atoms with Crippen LogP contribution < -0.4 is 5.73 Å². The summed E-state index contributed by atoms with van der Waals surface area (Å²) < 4.78 is 0. The predicted molar refractivity (Wildman–Crippen MR) is 130 cm³/mol. The van der Waals surface area contributed by atoms with E-state index in [2.05, 4.69) is 47.2 Å². The topological polar surface area (TPSA) is 75.0 Å². The molecule has 5 rings (SSSR count). The quantitative estimate of drug-likeness (QED) is 0.486. The van der Waals surface area contributed by atoms with Crippen LogP contribution in [0.1, 0.15) is 33.7 Å². The number of benzene rings is 2. The number of aromatic amines is 1. The zero-order valence-electron chi connectivity index (χ0n) is 18.8. The summed E-state index contributed by atoms with van der Waals surface area (Å²) in [6, 6.07) is 18.7. The van der Waals surface area contributed by atoms with Gasteiger partial charge in [0, 0.05) is 58.2 Å². The number of amides is 1. The van der Waals surface area contributed by atoms with Crippen LogP contribution >= 0.6 is 0 Å². The van der Waals surface area contributed by atoms with E-state index in [0.29, 0.717) is 12.1 Å². The fourth-order valence-corrected chi connectivity index (χ4v) is 4.74. The summed E-state index contributed by atoms with van der Waals surface area (Å²) in [5, 5.41) is 1.22. The average molecular weight is 425 g/mol. The highest BCUT2D eigenvalue weighted by Crippen LogP contribution is 2.33. The largest absolute Gasteiger partial charge is 0.354 e. The first-order valence-corrected chi connectivity index (χ1v) is 11.1. The van der Waals surface area contributed by atoms with Gasteiger partial charge in [0.2, 0.25) is 0 Å². The molecular formula is C27H28N4O. The highest BCUT2D eigenvalue weighted by Gasteiger charge is 2.24. The van der Waals surface area contributed by atoms with Gasteiger partial charge < -0.3 is 15.6 Å². The summed E-state index contributed by atoms with van der Waals surface area (Å²) in [4.78, 5) is 22.7. The lowest BCUT2D eigenvalue weighted by Crippen LogP contribution is -2.31. The van der Waals surface area contributed by atoms with Crippen molar-refractivity contribution in [3.63, 3.8) is 0 Å². The monoisotopic (exact) mass is 424 g/mol. The Hall–Kier alpha value is -3.44. The van der Waals surface area contributed by atoms with E-state index in [-0.39, 0.29) is 11.9 Å². The normalized spacial score (nSPS) is 16.1. The third-order valence-electron chi connectivity index (χ3n) is 6.41. The van der Waals surface area contributed by atoms with E-state index in [1.807, 2.05) is 43.0 Å². The van der Waals surface area contributed by atoms with Crippen molar-refractivity contribution in [3.05, 3.63) is 77.1 Å². The lowest BCUT2D eigenvalue weighted by Gasteiger charge is -2.16. The number of hydrogen-bond donors (Lipinski definition) is 2. The van der Waals surface area contributed by atoms with Crippen LogP contribution in [0.3, 0.4) is 0 Å². The van der Waals surface area contributed by atoms with Crippen LogP contribution in [0.15, 0.2) is 54.6 Å². The maximum atomic E-state index is 12.7. The Kier molecular flexibility index (Phi) is 5.06. The Morgan fingerprint density at radius 3 is 2.31 bits per heavy atom. The Balaban J connectivity index is 1.45. The standard InChI is InChI=1S/C27H28N4O/c1-16-12-22(13-17(2)29-16)26-18(3)24-9-8-21(14-25(24)30-26)19-4-6-20(7-5-19)27(32)31-11-10-23(28)15-31/h4-9,12-14,23,30H,10-11,15,28H2,1-3H3. The maximum absolute atomic E-state index is 12.7. The lowest BCUT2D eigenvalue weighted by atomic mass is 10.0. The number of aromatic nitrogens is 2. The minimum Gasteiger partial charge on any atom is -0.354 e. The molecule has 1 unspecified atom stereocenters. The van der Waals surface area contributed by atoms with Crippen molar-refractivity contribution in [2.24, 2.45) is 5.73 Å². The third kappa shape index (κ3) is 3.69. The molecule has 1 saturated heterocycles. The minimum atomic E-state index is 0.0625. The molecule has 4 aromatic rings. The van der Waals surface area contributed by atoms with E-state index in [0.717, 1.165) is 52.3 Å². The second-order valence-corrected chi connectivity index (χ2v) is 8.90. The number of nitrogens with two attached hydrogens (primary N) is 1. The van der Waals surface area contributed by atoms with Gasteiger partial charge in [-0.2, -0.15) is 0 Å². The number of carbonyl (C=O) groups is 1. The van der Waals surface area contributed by atoms with Gasteiger partial charge in [0.1, 0.15) is 0 Å². The van der Waals surface area contributed by atoms with Gasteiger partial charge in [-0.3, -0.25) is 9.78 Å². The smallest absolute Gasteiger partial charge is 0.253 e. The van der Waals surface area contributed by atoms with Gasteiger partial charge in [0.15, 0.2) is 0 Å². The highest BCUT2D eigenvalue weighted by molar-refractivity contribution is 5.96. The Morgan fingerprint density at radius 1 is 0.969 bits per heavy atom. The van der Waals surface area contributed by atoms with E-state index >= 15 is 0 Å². The zero-order valence-corrected chi connectivity index (χ0v) is 18.8. The Morgan fingerprint density at radius 2 is 1.66 bits per heavy atom. The first-order chi connectivity index (χ1) is 15.4. The van der Waals surface area contributed by atoms with Gasteiger partial charge in [-0.05, 0) is 74.2 Å². The summed E-state index contributed by atoms with van der Waals surface area (Å²) in [5.74, 6) is 0.0625. The van der Waals surface area contributed by atoms with E-state index in [9.17, 15) is 4.79 Å². The second-order valence-electron chi connectivity index (χ2n) is 8.90. The van der Waals surface area contributed by atoms with Gasteiger partial charge in [0.25, 0.3) is 5.91 Å². The van der Waals surface area contributed by atoms with Crippen molar-refractivity contribution < 1.29 is 4.79 Å². The highest BCUT2D eigenvalue weighted by atomic mass is 16.2. The number of fused-ring (bicyclic) bond motifs is 1. The molecule has 0 radical (unpaired) electrons. The maximum Gasteiger partial charge on any atom is 0.253 e. The van der Waals surface area contributed by atoms with Crippen molar-refractivity contribution in [3.8, 4) is 22.4 Å².